The Hall–Kier alpha value is -4.19. The number of ether oxygens (including phenoxy) is 1. The monoisotopic (exact) mass is 596 g/mol. The van der Waals surface area contributed by atoms with E-state index in [9.17, 15) is 17.6 Å². The van der Waals surface area contributed by atoms with Crippen molar-refractivity contribution < 1.29 is 22.0 Å². The van der Waals surface area contributed by atoms with Crippen molar-refractivity contribution in [1.29, 1.82) is 0 Å². The lowest BCUT2D eigenvalue weighted by molar-refractivity contribution is 0.306. The highest BCUT2D eigenvalue weighted by Gasteiger charge is 2.12. The van der Waals surface area contributed by atoms with E-state index in [0.717, 1.165) is 5.56 Å². The van der Waals surface area contributed by atoms with Crippen molar-refractivity contribution in [2.45, 2.75) is 13.2 Å². The molecule has 41 heavy (non-hydrogen) atoms. The molecule has 0 amide bonds. The van der Waals surface area contributed by atoms with Gasteiger partial charge in [-0.15, -0.1) is 0 Å². The molecule has 0 aliphatic heterocycles. The normalized spacial score (nSPS) is 11.6. The molecular weight excluding hydrogens is 571 g/mol. The second-order valence-electron chi connectivity index (χ2n) is 9.41. The molecule has 0 atom stereocenters. The van der Waals surface area contributed by atoms with E-state index in [1.807, 2.05) is 24.3 Å². The first-order chi connectivity index (χ1) is 19.6. The molecule has 12 heteroatoms. The number of hydrogen-bond acceptors (Lipinski definition) is 8. The molecule has 0 bridgehead atoms. The van der Waals surface area contributed by atoms with Gasteiger partial charge in [-0.1, -0.05) is 23.7 Å². The number of nitrogens with zero attached hydrogens (tertiary/aromatic N) is 1. The van der Waals surface area contributed by atoms with Crippen molar-refractivity contribution in [2.24, 2.45) is 0 Å². The highest BCUT2D eigenvalue weighted by Crippen LogP contribution is 2.32. The smallest absolute Gasteiger partial charge is 0.347 e. The van der Waals surface area contributed by atoms with Crippen LogP contribution in [0.25, 0.3) is 22.2 Å². The number of furan rings is 1. The van der Waals surface area contributed by atoms with E-state index in [1.165, 1.54) is 18.4 Å². The summed E-state index contributed by atoms with van der Waals surface area (Å²) in [5.74, 6) is 1.70. The van der Waals surface area contributed by atoms with Crippen LogP contribution in [0.4, 0.5) is 15.9 Å². The summed E-state index contributed by atoms with van der Waals surface area (Å²) in [7, 11) is -3.04. The number of benzene rings is 3. The van der Waals surface area contributed by atoms with Crippen LogP contribution in [0.5, 0.6) is 5.75 Å². The standard InChI is InChI=1S/C29H26ClFN4O5S/c1-41(37,38)12-11-32-16-22-7-10-26(40-22)19-5-8-25-23(14-19)28(35-29(36)34-25)33-21-6-9-27(24(30)15-21)39-17-18-3-2-4-20(31)13-18/h2-10,13-15,32H,11-12,16-17H2,1H3,(H2,33,34,35,36). The molecule has 2 aromatic heterocycles. The van der Waals surface area contributed by atoms with Crippen LogP contribution in [-0.4, -0.2) is 36.9 Å². The van der Waals surface area contributed by atoms with Gasteiger partial charge in [0.15, 0.2) is 0 Å². The number of aromatic nitrogens is 2. The van der Waals surface area contributed by atoms with Crippen LogP contribution in [0.1, 0.15) is 11.3 Å². The summed E-state index contributed by atoms with van der Waals surface area (Å²) in [5, 5.41) is 7.19. The Balaban J connectivity index is 1.33. The molecule has 0 unspecified atom stereocenters. The van der Waals surface area contributed by atoms with Crippen molar-refractivity contribution in [3.05, 3.63) is 105 Å². The van der Waals surface area contributed by atoms with E-state index in [2.05, 4.69) is 20.6 Å². The topological polar surface area (TPSA) is 126 Å². The molecule has 0 radical (unpaired) electrons. The number of fused-ring (bicyclic) bond motifs is 1. The highest BCUT2D eigenvalue weighted by atomic mass is 35.5. The molecule has 0 spiro atoms. The molecule has 0 aliphatic carbocycles. The van der Waals surface area contributed by atoms with Gasteiger partial charge in [0, 0.05) is 29.4 Å². The van der Waals surface area contributed by atoms with Crippen LogP contribution in [-0.2, 0) is 23.0 Å². The maximum absolute atomic E-state index is 13.4. The largest absolute Gasteiger partial charge is 0.487 e. The van der Waals surface area contributed by atoms with Gasteiger partial charge >= 0.3 is 5.69 Å². The van der Waals surface area contributed by atoms with Crippen LogP contribution >= 0.6 is 11.6 Å². The number of halogens is 2. The highest BCUT2D eigenvalue weighted by molar-refractivity contribution is 7.90. The van der Waals surface area contributed by atoms with Crippen molar-refractivity contribution in [3.63, 3.8) is 0 Å². The summed E-state index contributed by atoms with van der Waals surface area (Å²) in [4.78, 5) is 19.1. The average Bonchev–Trinajstić information content (AvgIpc) is 3.39. The first-order valence-electron chi connectivity index (χ1n) is 12.6. The fourth-order valence-electron chi connectivity index (χ4n) is 4.12. The van der Waals surface area contributed by atoms with Crippen molar-refractivity contribution >= 4 is 43.8 Å². The van der Waals surface area contributed by atoms with Gasteiger partial charge in [0.2, 0.25) is 0 Å². The van der Waals surface area contributed by atoms with E-state index in [-0.39, 0.29) is 18.2 Å². The maximum atomic E-state index is 13.4. The number of sulfone groups is 1. The fourth-order valence-corrected chi connectivity index (χ4v) is 4.87. The molecule has 0 fully saturated rings. The van der Waals surface area contributed by atoms with Gasteiger partial charge < -0.3 is 24.8 Å². The zero-order valence-corrected chi connectivity index (χ0v) is 23.5. The minimum absolute atomic E-state index is 0.0437. The lowest BCUT2D eigenvalue weighted by Crippen LogP contribution is -2.21. The van der Waals surface area contributed by atoms with Gasteiger partial charge in [-0.2, -0.15) is 4.98 Å². The Morgan fingerprint density at radius 3 is 2.71 bits per heavy atom. The summed E-state index contributed by atoms with van der Waals surface area (Å²) in [6.07, 6.45) is 1.19. The average molecular weight is 597 g/mol. The zero-order valence-electron chi connectivity index (χ0n) is 21.9. The van der Waals surface area contributed by atoms with E-state index < -0.39 is 15.5 Å². The first-order valence-corrected chi connectivity index (χ1v) is 15.0. The van der Waals surface area contributed by atoms with Crippen molar-refractivity contribution in [3.8, 4) is 17.1 Å². The summed E-state index contributed by atoms with van der Waals surface area (Å²) in [6, 6.07) is 20.3. The Bertz CT molecular complexity index is 1870. The predicted octanol–water partition coefficient (Wildman–Crippen LogP) is 5.43. The number of anilines is 2. The summed E-state index contributed by atoms with van der Waals surface area (Å²) in [5.41, 5.74) is 2.07. The second kappa shape index (κ2) is 12.1. The van der Waals surface area contributed by atoms with E-state index >= 15 is 0 Å². The second-order valence-corrected chi connectivity index (χ2v) is 12.1. The third-order valence-corrected chi connectivity index (χ3v) is 7.34. The molecule has 212 valence electrons. The molecule has 0 saturated heterocycles. The predicted molar refractivity (Wildman–Crippen MR) is 157 cm³/mol. The number of H-pyrrole nitrogens is 1. The Labute approximate surface area is 240 Å². The molecule has 0 saturated carbocycles. The summed E-state index contributed by atoms with van der Waals surface area (Å²) in [6.45, 7) is 0.856. The molecule has 3 N–H and O–H groups in total. The van der Waals surface area contributed by atoms with Gasteiger partial charge in [0.05, 0.1) is 22.8 Å². The van der Waals surface area contributed by atoms with Crippen LogP contribution in [0.3, 0.4) is 0 Å². The molecule has 3 aromatic carbocycles. The quantitative estimate of drug-likeness (QED) is 0.172. The van der Waals surface area contributed by atoms with Gasteiger partial charge in [-0.05, 0) is 66.2 Å². The summed E-state index contributed by atoms with van der Waals surface area (Å²) >= 11 is 6.44. The molecular formula is C29H26ClFN4O5S. The van der Waals surface area contributed by atoms with Crippen LogP contribution < -0.4 is 21.1 Å². The number of hydrogen-bond donors (Lipinski definition) is 3. The SMILES string of the molecule is CS(=O)(=O)CCNCc1ccc(-c2ccc3[nH]c(=O)nc(Nc4ccc(OCc5cccc(F)c5)c(Cl)c4)c3c2)o1. The molecule has 2 heterocycles. The third-order valence-electron chi connectivity index (χ3n) is 6.10. The van der Waals surface area contributed by atoms with Crippen molar-refractivity contribution in [2.75, 3.05) is 23.9 Å². The lowest BCUT2D eigenvalue weighted by Gasteiger charge is -2.12. The van der Waals surface area contributed by atoms with Crippen molar-refractivity contribution in [1.82, 2.24) is 15.3 Å². The Morgan fingerprint density at radius 1 is 1.07 bits per heavy atom. The minimum atomic E-state index is -3.04. The fraction of sp³-hybridized carbons (Fsp3) is 0.172. The van der Waals surface area contributed by atoms with E-state index in [4.69, 9.17) is 20.8 Å². The zero-order chi connectivity index (χ0) is 29.0. The number of aromatic amines is 1. The van der Waals surface area contributed by atoms with Gasteiger partial charge in [-0.25, -0.2) is 17.6 Å². The van der Waals surface area contributed by atoms with Gasteiger partial charge in [0.1, 0.15) is 45.3 Å². The number of rotatable bonds is 11. The Kier molecular flexibility index (Phi) is 8.39. The van der Waals surface area contributed by atoms with Crippen LogP contribution in [0.15, 0.2) is 82.0 Å². The van der Waals surface area contributed by atoms with Gasteiger partial charge in [0.25, 0.3) is 0 Å². The van der Waals surface area contributed by atoms with E-state index in [1.54, 1.807) is 36.4 Å². The Morgan fingerprint density at radius 2 is 1.93 bits per heavy atom. The number of nitrogens with one attached hydrogen (secondary N) is 3. The first kappa shape index (κ1) is 28.3. The molecule has 5 aromatic rings. The van der Waals surface area contributed by atoms with Gasteiger partial charge in [-0.3, -0.25) is 0 Å². The summed E-state index contributed by atoms with van der Waals surface area (Å²) < 4.78 is 47.7. The molecule has 9 nitrogen and oxygen atoms in total. The lowest BCUT2D eigenvalue weighted by atomic mass is 10.1. The third kappa shape index (κ3) is 7.51. The molecule has 0 aliphatic rings. The molecule has 5 rings (SSSR count). The van der Waals surface area contributed by atoms with E-state index in [0.29, 0.717) is 63.4 Å². The maximum Gasteiger partial charge on any atom is 0.347 e. The minimum Gasteiger partial charge on any atom is -0.487 e. The van der Waals surface area contributed by atoms with Crippen LogP contribution in [0.2, 0.25) is 5.02 Å². The van der Waals surface area contributed by atoms with Crippen LogP contribution in [0, 0.1) is 5.82 Å².